The number of rotatable bonds is 3. The average molecular weight is 314 g/mol. The first-order valence-corrected chi connectivity index (χ1v) is 7.92. The summed E-state index contributed by atoms with van der Waals surface area (Å²) in [5.74, 6) is -0.0760. The van der Waals surface area contributed by atoms with Crippen LogP contribution in [0.5, 0.6) is 0 Å². The second-order valence-electron chi connectivity index (χ2n) is 5.22. The Labute approximate surface area is 132 Å². The maximum atomic E-state index is 13.9. The maximum Gasteiger partial charge on any atom is 0.243 e. The molecule has 5 heteroatoms. The Kier molecular flexibility index (Phi) is 3.98. The third kappa shape index (κ3) is 2.76. The first-order valence-electron chi connectivity index (χ1n) is 6.93. The fraction of sp³-hybridized carbons (Fsp3) is 0.176. The van der Waals surface area contributed by atoms with Crippen molar-refractivity contribution in [3.8, 4) is 0 Å². The molecule has 3 nitrogen and oxygen atoms in total. The Morgan fingerprint density at radius 2 is 2.00 bits per heavy atom. The van der Waals surface area contributed by atoms with Gasteiger partial charge in [0.05, 0.1) is 11.4 Å². The van der Waals surface area contributed by atoms with E-state index in [1.165, 1.54) is 22.7 Å². The Morgan fingerprint density at radius 3 is 2.68 bits per heavy atom. The molecule has 0 aliphatic carbocycles. The van der Waals surface area contributed by atoms with Crippen LogP contribution in [0, 0.1) is 18.2 Å². The van der Waals surface area contributed by atoms with Gasteiger partial charge in [0.15, 0.2) is 5.17 Å². The molecule has 0 spiro atoms. The summed E-state index contributed by atoms with van der Waals surface area (Å²) in [7, 11) is 0. The Balaban J connectivity index is 2.03. The van der Waals surface area contributed by atoms with E-state index in [1.807, 2.05) is 25.1 Å². The van der Waals surface area contributed by atoms with E-state index in [0.717, 1.165) is 11.1 Å². The van der Waals surface area contributed by atoms with Gasteiger partial charge in [0.1, 0.15) is 5.82 Å². The third-order valence-electron chi connectivity index (χ3n) is 3.61. The molecular weight excluding hydrogens is 299 g/mol. The number of hydrogen-bond donors (Lipinski definition) is 1. The van der Waals surface area contributed by atoms with Crippen LogP contribution in [-0.4, -0.2) is 16.8 Å². The zero-order chi connectivity index (χ0) is 15.7. The molecule has 1 aliphatic rings. The lowest BCUT2D eigenvalue weighted by atomic mass is 10.0. The van der Waals surface area contributed by atoms with Gasteiger partial charge in [-0.3, -0.25) is 15.1 Å². The van der Waals surface area contributed by atoms with Crippen LogP contribution in [0.2, 0.25) is 0 Å². The predicted molar refractivity (Wildman–Crippen MR) is 88.1 cm³/mol. The van der Waals surface area contributed by atoms with Crippen molar-refractivity contribution in [3.05, 3.63) is 65.0 Å². The number of hydrogen-bond acceptors (Lipinski definition) is 3. The summed E-state index contributed by atoms with van der Waals surface area (Å²) >= 11 is 1.22. The summed E-state index contributed by atoms with van der Waals surface area (Å²) in [6.07, 6.45) is 0.393. The van der Waals surface area contributed by atoms with Crippen molar-refractivity contribution in [1.29, 1.82) is 5.41 Å². The standard InChI is InChI=1S/C17H15FN2OS/c1-11-6-7-13(9-12-4-2-3-5-14(12)18)15(8-11)20-16(21)10-22-17(20)19/h2-8,19H,9-10H2,1H3. The van der Waals surface area contributed by atoms with E-state index in [1.54, 1.807) is 18.2 Å². The molecule has 0 radical (unpaired) electrons. The number of aryl methyl sites for hydroxylation is 1. The number of thioether (sulfide) groups is 1. The molecule has 0 atom stereocenters. The minimum absolute atomic E-state index is 0.101. The molecular formula is C17H15FN2OS. The maximum absolute atomic E-state index is 13.9. The van der Waals surface area contributed by atoms with Gasteiger partial charge in [0.25, 0.3) is 0 Å². The van der Waals surface area contributed by atoms with E-state index in [9.17, 15) is 9.18 Å². The highest BCUT2D eigenvalue weighted by Gasteiger charge is 2.30. The van der Waals surface area contributed by atoms with Gasteiger partial charge in [-0.15, -0.1) is 0 Å². The fourth-order valence-corrected chi connectivity index (χ4v) is 3.21. The zero-order valence-corrected chi connectivity index (χ0v) is 12.9. The van der Waals surface area contributed by atoms with Crippen molar-refractivity contribution in [2.45, 2.75) is 13.3 Å². The number of carbonyl (C=O) groups is 1. The van der Waals surface area contributed by atoms with Gasteiger partial charge in [-0.2, -0.15) is 0 Å². The number of nitrogens with one attached hydrogen (secondary N) is 1. The number of amidine groups is 1. The summed E-state index contributed by atoms with van der Waals surface area (Å²) in [6.45, 7) is 1.94. The van der Waals surface area contributed by atoms with Gasteiger partial charge >= 0.3 is 0 Å². The van der Waals surface area contributed by atoms with E-state index in [4.69, 9.17) is 5.41 Å². The second-order valence-corrected chi connectivity index (χ2v) is 6.19. The van der Waals surface area contributed by atoms with Crippen LogP contribution in [0.3, 0.4) is 0 Å². The summed E-state index contributed by atoms with van der Waals surface area (Å²) in [5, 5.41) is 8.18. The van der Waals surface area contributed by atoms with Gasteiger partial charge < -0.3 is 0 Å². The van der Waals surface area contributed by atoms with Crippen molar-refractivity contribution in [1.82, 2.24) is 0 Å². The molecule has 3 rings (SSSR count). The van der Waals surface area contributed by atoms with E-state index in [0.29, 0.717) is 17.7 Å². The van der Waals surface area contributed by atoms with Gasteiger partial charge in [-0.1, -0.05) is 42.1 Å². The van der Waals surface area contributed by atoms with Gasteiger partial charge in [0, 0.05) is 6.42 Å². The largest absolute Gasteiger partial charge is 0.278 e. The van der Waals surface area contributed by atoms with E-state index >= 15 is 0 Å². The van der Waals surface area contributed by atoms with Gasteiger partial charge in [-0.05, 0) is 35.7 Å². The number of halogens is 1. The molecule has 2 aromatic carbocycles. The molecule has 1 fully saturated rings. The SMILES string of the molecule is Cc1ccc(Cc2ccccc2F)c(N2C(=N)SCC2=O)c1. The van der Waals surface area contributed by atoms with Crippen molar-refractivity contribution in [2.24, 2.45) is 0 Å². The predicted octanol–water partition coefficient (Wildman–Crippen LogP) is 3.74. The second kappa shape index (κ2) is 5.93. The minimum Gasteiger partial charge on any atom is -0.278 e. The summed E-state index contributed by atoms with van der Waals surface area (Å²) in [5.41, 5.74) is 3.11. The van der Waals surface area contributed by atoms with Crippen molar-refractivity contribution in [3.63, 3.8) is 0 Å². The van der Waals surface area contributed by atoms with Crippen LogP contribution in [0.25, 0.3) is 0 Å². The van der Waals surface area contributed by atoms with E-state index in [2.05, 4.69) is 0 Å². The van der Waals surface area contributed by atoms with Crippen LogP contribution < -0.4 is 4.90 Å². The third-order valence-corrected chi connectivity index (χ3v) is 4.45. The lowest BCUT2D eigenvalue weighted by Crippen LogP contribution is -2.29. The monoisotopic (exact) mass is 314 g/mol. The van der Waals surface area contributed by atoms with Crippen molar-refractivity contribution < 1.29 is 9.18 Å². The van der Waals surface area contributed by atoms with Gasteiger partial charge in [0.2, 0.25) is 5.91 Å². The number of carbonyl (C=O) groups excluding carboxylic acids is 1. The fourth-order valence-electron chi connectivity index (χ4n) is 2.49. The van der Waals surface area contributed by atoms with Crippen LogP contribution in [0.15, 0.2) is 42.5 Å². The first kappa shape index (κ1) is 14.8. The average Bonchev–Trinajstić information content (AvgIpc) is 2.82. The normalized spacial score (nSPS) is 14.7. The highest BCUT2D eigenvalue weighted by molar-refractivity contribution is 8.15. The molecule has 0 aromatic heterocycles. The number of amides is 1. The van der Waals surface area contributed by atoms with Crippen LogP contribution in [-0.2, 0) is 11.2 Å². The van der Waals surface area contributed by atoms with Crippen LogP contribution >= 0.6 is 11.8 Å². The lowest BCUT2D eigenvalue weighted by molar-refractivity contribution is -0.115. The number of nitrogens with zero attached hydrogens (tertiary/aromatic N) is 1. The molecule has 0 unspecified atom stereocenters. The number of benzene rings is 2. The summed E-state index contributed by atoms with van der Waals surface area (Å²) in [6, 6.07) is 12.4. The van der Waals surface area contributed by atoms with Crippen LogP contribution in [0.4, 0.5) is 10.1 Å². The van der Waals surface area contributed by atoms with Crippen molar-refractivity contribution in [2.75, 3.05) is 10.7 Å². The molecule has 1 saturated heterocycles. The Hall–Kier alpha value is -2.14. The Bertz CT molecular complexity index is 744. The van der Waals surface area contributed by atoms with Crippen molar-refractivity contribution >= 4 is 28.5 Å². The lowest BCUT2D eigenvalue weighted by Gasteiger charge is -2.20. The minimum atomic E-state index is -0.258. The van der Waals surface area contributed by atoms with E-state index < -0.39 is 0 Å². The summed E-state index contributed by atoms with van der Waals surface area (Å²) < 4.78 is 13.9. The molecule has 1 N–H and O–H groups in total. The first-order chi connectivity index (χ1) is 10.6. The van der Waals surface area contributed by atoms with E-state index in [-0.39, 0.29) is 22.6 Å². The molecule has 1 amide bonds. The molecule has 0 bridgehead atoms. The topological polar surface area (TPSA) is 44.2 Å². The molecule has 1 aliphatic heterocycles. The van der Waals surface area contributed by atoms with Crippen LogP contribution in [0.1, 0.15) is 16.7 Å². The van der Waals surface area contributed by atoms with Gasteiger partial charge in [-0.25, -0.2) is 4.39 Å². The molecule has 0 saturated carbocycles. The number of anilines is 1. The summed E-state index contributed by atoms with van der Waals surface area (Å²) in [4.78, 5) is 13.5. The smallest absolute Gasteiger partial charge is 0.243 e. The quantitative estimate of drug-likeness (QED) is 0.938. The molecule has 112 valence electrons. The molecule has 22 heavy (non-hydrogen) atoms. The highest BCUT2D eigenvalue weighted by atomic mass is 32.2. The molecule has 1 heterocycles. The Morgan fingerprint density at radius 1 is 1.23 bits per heavy atom. The molecule has 2 aromatic rings. The highest BCUT2D eigenvalue weighted by Crippen LogP contribution is 2.31. The zero-order valence-electron chi connectivity index (χ0n) is 12.1.